The van der Waals surface area contributed by atoms with Crippen LogP contribution >= 0.6 is 0 Å². The monoisotopic (exact) mass is 530 g/mol. The molecule has 15 N–H and O–H groups in total. The number of carbonyl (C=O) groups excluding carboxylic acids is 3. The summed E-state index contributed by atoms with van der Waals surface area (Å²) in [7, 11) is 0. The van der Waals surface area contributed by atoms with Crippen molar-refractivity contribution < 1.29 is 29.4 Å². The Hall–Kier alpha value is -3.66. The third kappa shape index (κ3) is 15.1. The molecule has 0 fully saturated rings. The summed E-state index contributed by atoms with van der Waals surface area (Å²) >= 11 is 0. The van der Waals surface area contributed by atoms with Crippen LogP contribution in [0.25, 0.3) is 0 Å². The van der Waals surface area contributed by atoms with Crippen LogP contribution in [-0.2, 0) is 19.2 Å². The Morgan fingerprint density at radius 3 is 1.51 bits per heavy atom. The Kier molecular flexibility index (Phi) is 16.0. The van der Waals surface area contributed by atoms with Crippen LogP contribution < -0.4 is 44.6 Å². The number of nitrogens with two attached hydrogens (primary N) is 5. The van der Waals surface area contributed by atoms with Gasteiger partial charge in [-0.3, -0.25) is 24.4 Å². The highest BCUT2D eigenvalue weighted by Crippen LogP contribution is 2.07. The van der Waals surface area contributed by atoms with Gasteiger partial charge in [0.2, 0.25) is 17.7 Å². The van der Waals surface area contributed by atoms with Crippen LogP contribution in [0.15, 0.2) is 9.98 Å². The Labute approximate surface area is 215 Å². The van der Waals surface area contributed by atoms with E-state index in [4.69, 9.17) is 33.8 Å². The zero-order valence-corrected chi connectivity index (χ0v) is 21.4. The fraction of sp³-hybridized carbons (Fsp3) is 0.714. The number of aliphatic carboxylic acids is 1. The highest BCUT2D eigenvalue weighted by atomic mass is 16.4. The van der Waals surface area contributed by atoms with Crippen LogP contribution in [0.4, 0.5) is 0 Å². The summed E-state index contributed by atoms with van der Waals surface area (Å²) in [6.07, 6.45) is 1.13. The molecule has 3 amide bonds. The molecular formula is C21H42N10O6. The molecule has 16 nitrogen and oxygen atoms in total. The Morgan fingerprint density at radius 2 is 1.16 bits per heavy atom. The number of aliphatic hydroxyl groups is 1. The van der Waals surface area contributed by atoms with E-state index >= 15 is 0 Å². The Balaban J connectivity index is 5.65. The van der Waals surface area contributed by atoms with Crippen LogP contribution in [0, 0.1) is 5.92 Å². The van der Waals surface area contributed by atoms with Gasteiger partial charge in [-0.1, -0.05) is 13.8 Å². The zero-order valence-electron chi connectivity index (χ0n) is 21.4. The largest absolute Gasteiger partial charge is 0.480 e. The Morgan fingerprint density at radius 1 is 0.757 bits per heavy atom. The average Bonchev–Trinajstić information content (AvgIpc) is 2.79. The molecule has 16 heteroatoms. The van der Waals surface area contributed by atoms with Crippen LogP contribution in [0.2, 0.25) is 0 Å². The van der Waals surface area contributed by atoms with E-state index in [1.165, 1.54) is 0 Å². The van der Waals surface area contributed by atoms with Gasteiger partial charge in [0.25, 0.3) is 0 Å². The molecule has 0 aliphatic heterocycles. The highest BCUT2D eigenvalue weighted by molar-refractivity contribution is 5.94. The second kappa shape index (κ2) is 17.7. The third-order valence-electron chi connectivity index (χ3n) is 5.02. The topological polar surface area (TPSA) is 300 Å². The minimum atomic E-state index is -1.58. The van der Waals surface area contributed by atoms with Crippen molar-refractivity contribution >= 4 is 35.6 Å². The summed E-state index contributed by atoms with van der Waals surface area (Å²) in [6.45, 7) is 3.28. The van der Waals surface area contributed by atoms with E-state index in [1.807, 2.05) is 13.8 Å². The van der Waals surface area contributed by atoms with Crippen molar-refractivity contribution in [1.29, 1.82) is 0 Å². The maximum Gasteiger partial charge on any atom is 0.328 e. The van der Waals surface area contributed by atoms with Crippen LogP contribution in [0.5, 0.6) is 0 Å². The maximum atomic E-state index is 13.1. The van der Waals surface area contributed by atoms with Gasteiger partial charge in [-0.15, -0.1) is 0 Å². The van der Waals surface area contributed by atoms with E-state index in [2.05, 4.69) is 25.9 Å². The molecular weight excluding hydrogens is 488 g/mol. The molecule has 4 atom stereocenters. The van der Waals surface area contributed by atoms with Crippen LogP contribution in [0.3, 0.4) is 0 Å². The van der Waals surface area contributed by atoms with Gasteiger partial charge in [-0.25, -0.2) is 4.79 Å². The maximum absolute atomic E-state index is 13.1. The standard InChI is InChI=1S/C21H42N10O6/c1-11(2)9-12(22)16(33)29-13(5-3-7-27-20(23)24)17(34)30-14(6-4-8-28-21(25)26)18(35)31-15(10-32)19(36)37/h11-15,32H,3-10,22H2,1-2H3,(H,29,33)(H,30,34)(H,31,35)(H,36,37)(H4,23,24,27)(H4,25,26,28). The van der Waals surface area contributed by atoms with Crippen LogP contribution in [-0.4, -0.2) is 89.7 Å². The van der Waals surface area contributed by atoms with Gasteiger partial charge in [-0.05, 0) is 38.0 Å². The highest BCUT2D eigenvalue weighted by Gasteiger charge is 2.30. The second-order valence-corrected chi connectivity index (χ2v) is 8.84. The first-order valence-electron chi connectivity index (χ1n) is 11.9. The van der Waals surface area contributed by atoms with Crippen molar-refractivity contribution in [3.63, 3.8) is 0 Å². The zero-order chi connectivity index (χ0) is 28.5. The van der Waals surface area contributed by atoms with Gasteiger partial charge in [0.15, 0.2) is 11.9 Å². The molecule has 0 aliphatic carbocycles. The minimum Gasteiger partial charge on any atom is -0.480 e. The number of nitrogens with one attached hydrogen (secondary N) is 3. The van der Waals surface area contributed by atoms with E-state index in [-0.39, 0.29) is 50.2 Å². The van der Waals surface area contributed by atoms with E-state index in [0.29, 0.717) is 12.8 Å². The third-order valence-corrected chi connectivity index (χ3v) is 5.02. The first-order valence-corrected chi connectivity index (χ1v) is 11.9. The van der Waals surface area contributed by atoms with Crippen molar-refractivity contribution in [3.8, 4) is 0 Å². The molecule has 0 rings (SSSR count). The van der Waals surface area contributed by atoms with E-state index < -0.39 is 54.5 Å². The smallest absolute Gasteiger partial charge is 0.328 e. The van der Waals surface area contributed by atoms with Gasteiger partial charge in [0.1, 0.15) is 18.1 Å². The number of carboxylic acids is 1. The summed E-state index contributed by atoms with van der Waals surface area (Å²) in [6, 6.07) is -4.72. The quantitative estimate of drug-likeness (QED) is 0.0462. The van der Waals surface area contributed by atoms with Crippen molar-refractivity contribution in [2.75, 3.05) is 19.7 Å². The number of carbonyl (C=O) groups is 4. The Bertz CT molecular complexity index is 812. The average molecular weight is 531 g/mol. The fourth-order valence-electron chi connectivity index (χ4n) is 3.17. The number of aliphatic imine (C=N–C) groups is 2. The van der Waals surface area contributed by atoms with Crippen molar-refractivity contribution in [3.05, 3.63) is 0 Å². The molecule has 0 aromatic rings. The summed E-state index contributed by atoms with van der Waals surface area (Å²) < 4.78 is 0. The summed E-state index contributed by atoms with van der Waals surface area (Å²) in [5.74, 6) is -3.69. The molecule has 37 heavy (non-hydrogen) atoms. The second-order valence-electron chi connectivity index (χ2n) is 8.84. The number of aliphatic hydroxyl groups excluding tert-OH is 1. The lowest BCUT2D eigenvalue weighted by molar-refractivity contribution is -0.143. The molecule has 212 valence electrons. The van der Waals surface area contributed by atoms with Crippen molar-refractivity contribution in [2.24, 2.45) is 44.6 Å². The van der Waals surface area contributed by atoms with Gasteiger partial charge in [-0.2, -0.15) is 0 Å². The summed E-state index contributed by atoms with van der Waals surface area (Å²) in [4.78, 5) is 57.4. The van der Waals surface area contributed by atoms with Crippen molar-refractivity contribution in [2.45, 2.75) is 70.1 Å². The molecule has 0 bridgehead atoms. The molecule has 0 saturated carbocycles. The first-order chi connectivity index (χ1) is 17.3. The normalized spacial score (nSPS) is 14.0. The molecule has 0 aromatic carbocycles. The minimum absolute atomic E-state index is 0.0354. The number of hydrogen-bond donors (Lipinski definition) is 10. The molecule has 0 spiro atoms. The van der Waals surface area contributed by atoms with Crippen molar-refractivity contribution in [1.82, 2.24) is 16.0 Å². The van der Waals surface area contributed by atoms with E-state index in [0.717, 1.165) is 0 Å². The van der Waals surface area contributed by atoms with Crippen LogP contribution in [0.1, 0.15) is 46.0 Å². The lowest BCUT2D eigenvalue weighted by Crippen LogP contribution is -2.57. The molecule has 0 aliphatic rings. The number of guanidine groups is 2. The van der Waals surface area contributed by atoms with Gasteiger partial charge in [0.05, 0.1) is 12.6 Å². The number of hydrogen-bond acceptors (Lipinski definition) is 8. The lowest BCUT2D eigenvalue weighted by Gasteiger charge is -2.25. The van der Waals surface area contributed by atoms with E-state index in [9.17, 15) is 24.3 Å². The number of amides is 3. The van der Waals surface area contributed by atoms with Gasteiger partial charge < -0.3 is 54.8 Å². The van der Waals surface area contributed by atoms with E-state index in [1.54, 1.807) is 0 Å². The summed E-state index contributed by atoms with van der Waals surface area (Å²) in [5.41, 5.74) is 27.2. The lowest BCUT2D eigenvalue weighted by atomic mass is 10.0. The van der Waals surface area contributed by atoms with Gasteiger partial charge >= 0.3 is 5.97 Å². The number of carboxylic acid groups (broad SMARTS) is 1. The molecule has 0 heterocycles. The summed E-state index contributed by atoms with van der Waals surface area (Å²) in [5, 5.41) is 25.7. The SMILES string of the molecule is CC(C)CC(N)C(=O)NC(CCCN=C(N)N)C(=O)NC(CCCN=C(N)N)C(=O)NC(CO)C(=O)O. The van der Waals surface area contributed by atoms with Gasteiger partial charge in [0, 0.05) is 13.1 Å². The molecule has 0 aromatic heterocycles. The predicted molar refractivity (Wildman–Crippen MR) is 138 cm³/mol. The molecule has 4 unspecified atom stereocenters. The fourth-order valence-corrected chi connectivity index (χ4v) is 3.17. The molecule has 0 radical (unpaired) electrons. The molecule has 0 saturated heterocycles. The number of rotatable bonds is 18. The number of nitrogens with zero attached hydrogens (tertiary/aromatic N) is 2. The first kappa shape index (κ1) is 33.3. The predicted octanol–water partition coefficient (Wildman–Crippen LogP) is -4.00.